The molecular weight excluding hydrogens is 757 g/mol. The second-order valence-corrected chi connectivity index (χ2v) is 20.0. The van der Waals surface area contributed by atoms with Crippen LogP contribution in [-0.2, 0) is 16.2 Å². The summed E-state index contributed by atoms with van der Waals surface area (Å²) in [7, 11) is 0. The molecule has 0 aliphatic heterocycles. The molecule has 63 heavy (non-hydrogen) atoms. The van der Waals surface area contributed by atoms with Crippen molar-refractivity contribution < 1.29 is 0 Å². The smallest absolute Gasteiger partial charge is 0.0159 e. The van der Waals surface area contributed by atoms with Crippen LogP contribution in [0.4, 0.5) is 0 Å². The Morgan fingerprint density at radius 1 is 0.238 bits per heavy atom. The van der Waals surface area contributed by atoms with Gasteiger partial charge >= 0.3 is 0 Å². The second-order valence-electron chi connectivity index (χ2n) is 20.0. The van der Waals surface area contributed by atoms with Gasteiger partial charge in [-0.15, -0.1) is 0 Å². The normalized spacial score (nSPS) is 15.5. The quantitative estimate of drug-likeness (QED) is 0.156. The van der Waals surface area contributed by atoms with E-state index < -0.39 is 0 Å². The highest BCUT2D eigenvalue weighted by Gasteiger charge is 2.39. The molecule has 0 bridgehead atoms. The zero-order chi connectivity index (χ0) is 42.6. The molecule has 3 aliphatic rings. The van der Waals surface area contributed by atoms with Gasteiger partial charge < -0.3 is 0 Å². The summed E-state index contributed by atoms with van der Waals surface area (Å²) in [5.41, 5.74) is 23.7. The molecule has 0 spiro atoms. The van der Waals surface area contributed by atoms with E-state index in [0.717, 1.165) is 0 Å². The number of benzene rings is 10. The summed E-state index contributed by atoms with van der Waals surface area (Å²) in [4.78, 5) is 0. The maximum absolute atomic E-state index is 2.59. The average molecular weight is 805 g/mol. The lowest BCUT2D eigenvalue weighted by Crippen LogP contribution is -2.15. The van der Waals surface area contributed by atoms with Crippen LogP contribution in [-0.4, -0.2) is 0 Å². The van der Waals surface area contributed by atoms with Crippen LogP contribution in [0.15, 0.2) is 182 Å². The third-order valence-corrected chi connectivity index (χ3v) is 15.7. The first-order valence-electron chi connectivity index (χ1n) is 22.7. The summed E-state index contributed by atoms with van der Waals surface area (Å²) in [6, 6.07) is 69.9. The van der Waals surface area contributed by atoms with Gasteiger partial charge in [-0.05, 0) is 163 Å². The SMILES string of the molecule is CC1(C)c2ccccc2-c2ccc(-c3c4ccc(-c5cccc6ccccc56)cc4c(-c4ccc5c(c4)C(C)(C)c4ccccc4-5)c4cc5c(cc34)-c3ccccc3C5(C)C)cc21. The van der Waals surface area contributed by atoms with Crippen molar-refractivity contribution >= 4 is 32.3 Å². The lowest BCUT2D eigenvalue weighted by Gasteiger charge is -2.26. The molecule has 10 aromatic carbocycles. The summed E-state index contributed by atoms with van der Waals surface area (Å²) < 4.78 is 0. The molecule has 13 rings (SSSR count). The van der Waals surface area contributed by atoms with E-state index in [2.05, 4.69) is 224 Å². The standard InChI is InChI=1S/C63H48/c1-61(2)53-23-12-9-19-43(53)46-29-27-39(33-56(46)61)59-48-31-26-38(42-22-15-17-37-16-7-8-18-41(37)42)32-50(48)60(40-28-30-47-44-20-10-13-24-54(44)62(3,4)57(47)34-40)52-36-58-49(35-51(52)59)45-21-11-14-25-55(45)63(58,5)6/h7-36H,1-6H3. The lowest BCUT2D eigenvalue weighted by atomic mass is 9.77. The minimum atomic E-state index is -0.151. The maximum Gasteiger partial charge on any atom is 0.0159 e. The van der Waals surface area contributed by atoms with Crippen LogP contribution in [0.2, 0.25) is 0 Å². The second kappa shape index (κ2) is 12.6. The first kappa shape index (κ1) is 36.6. The molecule has 0 radical (unpaired) electrons. The van der Waals surface area contributed by atoms with Crippen molar-refractivity contribution in [3.8, 4) is 66.8 Å². The number of rotatable bonds is 3. The van der Waals surface area contributed by atoms with Crippen molar-refractivity contribution in [2.75, 3.05) is 0 Å². The Labute approximate surface area is 370 Å². The van der Waals surface area contributed by atoms with Crippen LogP contribution in [0.1, 0.15) is 74.9 Å². The summed E-state index contributed by atoms with van der Waals surface area (Å²) in [6.07, 6.45) is 0. The minimum absolute atomic E-state index is 0.117. The van der Waals surface area contributed by atoms with Crippen LogP contribution in [0.5, 0.6) is 0 Å². The third kappa shape index (κ3) is 4.87. The monoisotopic (exact) mass is 804 g/mol. The fraction of sp³-hybridized carbons (Fsp3) is 0.143. The molecule has 0 unspecified atom stereocenters. The van der Waals surface area contributed by atoms with Gasteiger partial charge in [0.1, 0.15) is 0 Å². The van der Waals surface area contributed by atoms with Gasteiger partial charge in [-0.1, -0.05) is 193 Å². The van der Waals surface area contributed by atoms with Gasteiger partial charge in [0, 0.05) is 16.2 Å². The van der Waals surface area contributed by atoms with Gasteiger partial charge in [0.25, 0.3) is 0 Å². The Balaban J connectivity index is 1.18. The van der Waals surface area contributed by atoms with Crippen molar-refractivity contribution in [3.63, 3.8) is 0 Å². The molecule has 0 aromatic heterocycles. The molecule has 3 aliphatic carbocycles. The van der Waals surface area contributed by atoms with Gasteiger partial charge in [-0.2, -0.15) is 0 Å². The van der Waals surface area contributed by atoms with E-state index in [1.165, 1.54) is 132 Å². The summed E-state index contributed by atoms with van der Waals surface area (Å²) >= 11 is 0. The summed E-state index contributed by atoms with van der Waals surface area (Å²) in [5.74, 6) is 0. The van der Waals surface area contributed by atoms with Gasteiger partial charge in [-0.25, -0.2) is 0 Å². The Kier molecular flexibility index (Phi) is 7.29. The van der Waals surface area contributed by atoms with E-state index >= 15 is 0 Å². The van der Waals surface area contributed by atoms with E-state index in [9.17, 15) is 0 Å². The largest absolute Gasteiger partial charge is 0.0619 e. The van der Waals surface area contributed by atoms with E-state index in [-0.39, 0.29) is 16.2 Å². The van der Waals surface area contributed by atoms with Crippen molar-refractivity contribution in [1.29, 1.82) is 0 Å². The molecule has 0 saturated heterocycles. The highest BCUT2D eigenvalue weighted by molar-refractivity contribution is 6.23. The molecule has 10 aromatic rings. The van der Waals surface area contributed by atoms with Crippen molar-refractivity contribution in [2.24, 2.45) is 0 Å². The predicted octanol–water partition coefficient (Wildman–Crippen LogP) is 17.1. The van der Waals surface area contributed by atoms with Crippen LogP contribution >= 0.6 is 0 Å². The molecular formula is C63H48. The summed E-state index contributed by atoms with van der Waals surface area (Å²) in [5, 5.41) is 7.71. The Morgan fingerprint density at radius 2 is 0.651 bits per heavy atom. The Bertz CT molecular complexity index is 3640. The first-order valence-corrected chi connectivity index (χ1v) is 22.7. The highest BCUT2D eigenvalue weighted by Crippen LogP contribution is 2.56. The zero-order valence-corrected chi connectivity index (χ0v) is 36.8. The van der Waals surface area contributed by atoms with E-state index in [1.54, 1.807) is 0 Å². The number of fused-ring (bicyclic) bond motifs is 12. The van der Waals surface area contributed by atoms with Crippen LogP contribution < -0.4 is 0 Å². The highest BCUT2D eigenvalue weighted by atomic mass is 14.4. The van der Waals surface area contributed by atoms with E-state index in [1.807, 2.05) is 0 Å². The third-order valence-electron chi connectivity index (χ3n) is 15.7. The Hall–Kier alpha value is -7.02. The molecule has 0 fully saturated rings. The summed E-state index contributed by atoms with van der Waals surface area (Å²) in [6.45, 7) is 14.4. The van der Waals surface area contributed by atoms with Gasteiger partial charge in [-0.3, -0.25) is 0 Å². The predicted molar refractivity (Wildman–Crippen MR) is 268 cm³/mol. The molecule has 0 amide bonds. The first-order chi connectivity index (χ1) is 30.5. The number of hydrogen-bond acceptors (Lipinski definition) is 0. The van der Waals surface area contributed by atoms with E-state index in [4.69, 9.17) is 0 Å². The van der Waals surface area contributed by atoms with Crippen molar-refractivity contribution in [2.45, 2.75) is 57.8 Å². The fourth-order valence-corrected chi connectivity index (χ4v) is 12.4. The van der Waals surface area contributed by atoms with Crippen LogP contribution in [0.3, 0.4) is 0 Å². The fourth-order valence-electron chi connectivity index (χ4n) is 12.4. The van der Waals surface area contributed by atoms with Crippen LogP contribution in [0.25, 0.3) is 99.1 Å². The topological polar surface area (TPSA) is 0 Å². The minimum Gasteiger partial charge on any atom is -0.0619 e. The zero-order valence-electron chi connectivity index (χ0n) is 36.8. The molecule has 0 N–H and O–H groups in total. The lowest BCUT2D eigenvalue weighted by molar-refractivity contribution is 0.660. The van der Waals surface area contributed by atoms with Crippen molar-refractivity contribution in [1.82, 2.24) is 0 Å². The molecule has 0 heterocycles. The molecule has 0 heteroatoms. The van der Waals surface area contributed by atoms with Gasteiger partial charge in [0.15, 0.2) is 0 Å². The van der Waals surface area contributed by atoms with Gasteiger partial charge in [0.2, 0.25) is 0 Å². The van der Waals surface area contributed by atoms with E-state index in [0.29, 0.717) is 0 Å². The molecule has 300 valence electrons. The van der Waals surface area contributed by atoms with Crippen LogP contribution in [0, 0.1) is 0 Å². The van der Waals surface area contributed by atoms with Gasteiger partial charge in [0.05, 0.1) is 0 Å². The molecule has 0 atom stereocenters. The number of hydrogen-bond donors (Lipinski definition) is 0. The van der Waals surface area contributed by atoms with Crippen molar-refractivity contribution in [3.05, 3.63) is 215 Å². The molecule has 0 saturated carbocycles. The Morgan fingerprint density at radius 3 is 1.25 bits per heavy atom. The maximum atomic E-state index is 2.59. The molecule has 0 nitrogen and oxygen atoms in total. The average Bonchev–Trinajstić information content (AvgIpc) is 3.78.